The highest BCUT2D eigenvalue weighted by atomic mass is 16.2. The molecule has 1 aromatic heterocycles. The second-order valence-corrected chi connectivity index (χ2v) is 6.97. The van der Waals surface area contributed by atoms with Crippen molar-refractivity contribution in [2.45, 2.75) is 77.5 Å². The maximum atomic E-state index is 12.6. The molecule has 2 N–H and O–H groups in total. The number of hydrogen-bond acceptors (Lipinski definition) is 3. The van der Waals surface area contributed by atoms with E-state index in [1.807, 2.05) is 22.0 Å². The zero-order chi connectivity index (χ0) is 15.6. The molecule has 0 aromatic carbocycles. The van der Waals surface area contributed by atoms with Gasteiger partial charge in [0.1, 0.15) is 0 Å². The number of nitrogens with two attached hydrogens (primary N) is 1. The van der Waals surface area contributed by atoms with Crippen LogP contribution in [-0.4, -0.2) is 32.2 Å². The van der Waals surface area contributed by atoms with E-state index < -0.39 is 0 Å². The van der Waals surface area contributed by atoms with E-state index in [0.29, 0.717) is 6.42 Å². The van der Waals surface area contributed by atoms with Crippen LogP contribution in [0.1, 0.15) is 65.0 Å². The Morgan fingerprint density at radius 1 is 1.43 bits per heavy atom. The van der Waals surface area contributed by atoms with Gasteiger partial charge >= 0.3 is 0 Å². The number of carbonyl (C=O) groups is 1. The highest BCUT2D eigenvalue weighted by Gasteiger charge is 2.39. The molecule has 0 spiro atoms. The van der Waals surface area contributed by atoms with E-state index in [1.165, 1.54) is 0 Å². The van der Waals surface area contributed by atoms with Gasteiger partial charge in [0.05, 0.1) is 12.2 Å². The van der Waals surface area contributed by atoms with Crippen LogP contribution in [0.3, 0.4) is 0 Å². The molecule has 5 nitrogen and oxygen atoms in total. The van der Waals surface area contributed by atoms with Gasteiger partial charge in [-0.1, -0.05) is 6.92 Å². The van der Waals surface area contributed by atoms with Crippen LogP contribution in [-0.2, 0) is 11.3 Å². The number of carbonyl (C=O) groups excluding carboxylic acids is 1. The molecule has 1 aromatic rings. The standard InChI is InChI=1S/C16H28N4O/c1-5-9-19-11-12(10-18-19)15-13(17)7-6-8-14(21)20(15)16(2,3)4/h10-11,13,15H,5-9,17H2,1-4H3. The molecule has 1 amide bonds. The van der Waals surface area contributed by atoms with Crippen molar-refractivity contribution in [2.75, 3.05) is 0 Å². The topological polar surface area (TPSA) is 64.2 Å². The average Bonchev–Trinajstić information content (AvgIpc) is 2.76. The summed E-state index contributed by atoms with van der Waals surface area (Å²) in [6.07, 6.45) is 7.29. The molecule has 0 aliphatic carbocycles. The molecule has 5 heteroatoms. The Kier molecular flexibility index (Phi) is 4.71. The lowest BCUT2D eigenvalue weighted by molar-refractivity contribution is -0.139. The summed E-state index contributed by atoms with van der Waals surface area (Å²) < 4.78 is 1.94. The summed E-state index contributed by atoms with van der Waals surface area (Å²) in [5.74, 6) is 0.198. The smallest absolute Gasteiger partial charge is 0.223 e. The Morgan fingerprint density at radius 3 is 2.76 bits per heavy atom. The Bertz CT molecular complexity index is 489. The highest BCUT2D eigenvalue weighted by Crippen LogP contribution is 2.35. The fraction of sp³-hybridized carbons (Fsp3) is 0.750. The molecule has 2 rings (SSSR count). The van der Waals surface area contributed by atoms with Gasteiger partial charge in [-0.25, -0.2) is 0 Å². The van der Waals surface area contributed by atoms with Crippen molar-refractivity contribution < 1.29 is 4.79 Å². The molecule has 2 heterocycles. The number of nitrogens with zero attached hydrogens (tertiary/aromatic N) is 3. The summed E-state index contributed by atoms with van der Waals surface area (Å²) in [5, 5.41) is 4.41. The van der Waals surface area contributed by atoms with Gasteiger partial charge in [0.15, 0.2) is 0 Å². The largest absolute Gasteiger partial charge is 0.329 e. The zero-order valence-corrected chi connectivity index (χ0v) is 13.7. The van der Waals surface area contributed by atoms with Crippen LogP contribution in [0.4, 0.5) is 0 Å². The van der Waals surface area contributed by atoms with Gasteiger partial charge in [-0.05, 0) is 40.0 Å². The summed E-state index contributed by atoms with van der Waals surface area (Å²) >= 11 is 0. The minimum atomic E-state index is -0.240. The second-order valence-electron chi connectivity index (χ2n) is 6.97. The number of rotatable bonds is 3. The van der Waals surface area contributed by atoms with Gasteiger partial charge in [0.25, 0.3) is 0 Å². The van der Waals surface area contributed by atoms with Crippen LogP contribution in [0.15, 0.2) is 12.4 Å². The summed E-state index contributed by atoms with van der Waals surface area (Å²) in [6.45, 7) is 9.25. The quantitative estimate of drug-likeness (QED) is 0.931. The fourth-order valence-electron chi connectivity index (χ4n) is 3.19. The van der Waals surface area contributed by atoms with Crippen LogP contribution < -0.4 is 5.73 Å². The van der Waals surface area contributed by atoms with Crippen molar-refractivity contribution in [3.05, 3.63) is 18.0 Å². The van der Waals surface area contributed by atoms with Crippen LogP contribution in [0, 0.1) is 0 Å². The molecule has 1 aliphatic heterocycles. The molecule has 2 atom stereocenters. The minimum absolute atomic E-state index is 0.0325. The third-order valence-corrected chi connectivity index (χ3v) is 4.05. The Morgan fingerprint density at radius 2 is 2.14 bits per heavy atom. The predicted molar refractivity (Wildman–Crippen MR) is 83.7 cm³/mol. The summed E-state index contributed by atoms with van der Waals surface area (Å²) in [7, 11) is 0. The first-order valence-corrected chi connectivity index (χ1v) is 7.94. The van der Waals surface area contributed by atoms with Crippen LogP contribution in [0.5, 0.6) is 0 Å². The Labute approximate surface area is 127 Å². The molecular weight excluding hydrogens is 264 g/mol. The first-order valence-electron chi connectivity index (χ1n) is 7.94. The molecule has 21 heavy (non-hydrogen) atoms. The maximum Gasteiger partial charge on any atom is 0.223 e. The summed E-state index contributed by atoms with van der Waals surface area (Å²) in [5.41, 5.74) is 7.23. The van der Waals surface area contributed by atoms with E-state index in [0.717, 1.165) is 31.4 Å². The monoisotopic (exact) mass is 292 g/mol. The van der Waals surface area contributed by atoms with E-state index in [4.69, 9.17) is 5.73 Å². The molecule has 0 bridgehead atoms. The molecule has 1 aliphatic rings. The second kappa shape index (κ2) is 6.18. The number of likely N-dealkylation sites (tertiary alicyclic amines) is 1. The maximum absolute atomic E-state index is 12.6. The minimum Gasteiger partial charge on any atom is -0.329 e. The number of aromatic nitrogens is 2. The highest BCUT2D eigenvalue weighted by molar-refractivity contribution is 5.78. The van der Waals surface area contributed by atoms with Crippen molar-refractivity contribution >= 4 is 5.91 Å². The SMILES string of the molecule is CCCn1cc(C2C(N)CCCC(=O)N2C(C)(C)C)cn1. The molecule has 2 unspecified atom stereocenters. The zero-order valence-electron chi connectivity index (χ0n) is 13.7. The van der Waals surface area contributed by atoms with Crippen LogP contribution >= 0.6 is 0 Å². The lowest BCUT2D eigenvalue weighted by atomic mass is 9.94. The van der Waals surface area contributed by atoms with Crippen LogP contribution in [0.2, 0.25) is 0 Å². The van der Waals surface area contributed by atoms with Gasteiger partial charge in [0.2, 0.25) is 5.91 Å². The first-order chi connectivity index (χ1) is 9.84. The molecular formula is C16H28N4O. The lowest BCUT2D eigenvalue weighted by Crippen LogP contribution is -2.51. The number of amides is 1. The number of hydrogen-bond donors (Lipinski definition) is 1. The molecule has 1 saturated heterocycles. The third kappa shape index (κ3) is 3.46. The van der Waals surface area contributed by atoms with Crippen molar-refractivity contribution in [2.24, 2.45) is 5.73 Å². The van der Waals surface area contributed by atoms with E-state index in [1.54, 1.807) is 0 Å². The van der Waals surface area contributed by atoms with Gasteiger partial charge < -0.3 is 10.6 Å². The predicted octanol–water partition coefficient (Wildman–Crippen LogP) is 2.47. The van der Waals surface area contributed by atoms with Gasteiger partial charge in [-0.3, -0.25) is 9.48 Å². The Hall–Kier alpha value is -1.36. The molecule has 0 radical (unpaired) electrons. The molecule has 0 saturated carbocycles. The van der Waals surface area contributed by atoms with E-state index >= 15 is 0 Å². The number of aryl methyl sites for hydroxylation is 1. The van der Waals surface area contributed by atoms with E-state index in [-0.39, 0.29) is 23.5 Å². The van der Waals surface area contributed by atoms with E-state index in [2.05, 4.69) is 32.8 Å². The van der Waals surface area contributed by atoms with Gasteiger partial charge in [-0.2, -0.15) is 5.10 Å². The molecule has 1 fully saturated rings. The first kappa shape index (κ1) is 16.0. The van der Waals surface area contributed by atoms with Crippen molar-refractivity contribution in [3.63, 3.8) is 0 Å². The summed E-state index contributed by atoms with van der Waals surface area (Å²) in [4.78, 5) is 14.5. The Balaban J connectivity index is 2.39. The average molecular weight is 292 g/mol. The van der Waals surface area contributed by atoms with Crippen molar-refractivity contribution in [1.29, 1.82) is 0 Å². The summed E-state index contributed by atoms with van der Waals surface area (Å²) in [6, 6.07) is -0.111. The normalized spacial score (nSPS) is 24.2. The lowest BCUT2D eigenvalue weighted by Gasteiger charge is -2.42. The van der Waals surface area contributed by atoms with Crippen LogP contribution in [0.25, 0.3) is 0 Å². The third-order valence-electron chi connectivity index (χ3n) is 4.05. The van der Waals surface area contributed by atoms with Gasteiger partial charge in [-0.15, -0.1) is 0 Å². The fourth-order valence-corrected chi connectivity index (χ4v) is 3.19. The van der Waals surface area contributed by atoms with Crippen molar-refractivity contribution in [1.82, 2.24) is 14.7 Å². The van der Waals surface area contributed by atoms with Crippen molar-refractivity contribution in [3.8, 4) is 0 Å². The van der Waals surface area contributed by atoms with E-state index in [9.17, 15) is 4.79 Å². The van der Waals surface area contributed by atoms with Gasteiger partial charge in [0, 0.05) is 36.3 Å². The molecule has 118 valence electrons.